The van der Waals surface area contributed by atoms with Crippen molar-refractivity contribution in [3.8, 4) is 11.1 Å². The Morgan fingerprint density at radius 3 is 2.13 bits per heavy atom. The van der Waals surface area contributed by atoms with Crippen molar-refractivity contribution >= 4 is 33.1 Å². The number of hydrogen-bond acceptors (Lipinski definition) is 4. The lowest BCUT2D eigenvalue weighted by Crippen LogP contribution is -2.27. The maximum Gasteiger partial charge on any atom is 0.335 e. The molecular formula is C23H30ClNO4S. The third-order valence-electron chi connectivity index (χ3n) is 5.09. The van der Waals surface area contributed by atoms with E-state index in [0.29, 0.717) is 21.8 Å². The van der Waals surface area contributed by atoms with Crippen molar-refractivity contribution in [2.24, 2.45) is 0 Å². The number of hydrogen-bond donors (Lipinski definition) is 1. The number of aromatic carboxylic acids is 1. The van der Waals surface area contributed by atoms with E-state index >= 15 is 0 Å². The van der Waals surface area contributed by atoms with Crippen LogP contribution in [0.15, 0.2) is 35.2 Å². The van der Waals surface area contributed by atoms with Gasteiger partial charge in [-0.15, -0.1) is 0 Å². The van der Waals surface area contributed by atoms with Crippen molar-refractivity contribution in [3.05, 3.63) is 46.5 Å². The molecule has 0 radical (unpaired) electrons. The number of benzene rings is 2. The molecule has 0 saturated carbocycles. The Morgan fingerprint density at radius 1 is 1.07 bits per heavy atom. The highest BCUT2D eigenvalue weighted by molar-refractivity contribution is 7.90. The van der Waals surface area contributed by atoms with Gasteiger partial charge in [0.1, 0.15) is 0 Å². The highest BCUT2D eigenvalue weighted by atomic mass is 35.5. The van der Waals surface area contributed by atoms with Gasteiger partial charge >= 0.3 is 5.97 Å². The summed E-state index contributed by atoms with van der Waals surface area (Å²) in [6.07, 6.45) is 4.91. The normalized spacial score (nSPS) is 11.5. The molecule has 0 fully saturated rings. The fourth-order valence-corrected chi connectivity index (χ4v) is 4.47. The molecule has 5 nitrogen and oxygen atoms in total. The van der Waals surface area contributed by atoms with Crippen molar-refractivity contribution in [3.63, 3.8) is 0 Å². The summed E-state index contributed by atoms with van der Waals surface area (Å²) in [5, 5.41) is 10.2. The molecule has 0 aliphatic carbocycles. The minimum atomic E-state index is -3.69. The molecular weight excluding hydrogens is 422 g/mol. The molecule has 0 saturated heterocycles. The fraction of sp³-hybridized carbons (Fsp3) is 0.435. The predicted molar refractivity (Wildman–Crippen MR) is 124 cm³/mol. The maximum absolute atomic E-state index is 12.7. The molecule has 2 aromatic rings. The Balaban J connectivity index is 2.89. The van der Waals surface area contributed by atoms with Crippen LogP contribution in [0, 0.1) is 6.92 Å². The number of carboxylic acids is 1. The van der Waals surface area contributed by atoms with Gasteiger partial charge in [-0.25, -0.2) is 13.2 Å². The second-order valence-corrected chi connectivity index (χ2v) is 10.00. The Morgan fingerprint density at radius 2 is 1.67 bits per heavy atom. The monoisotopic (exact) mass is 451 g/mol. The van der Waals surface area contributed by atoms with E-state index in [-0.39, 0.29) is 10.5 Å². The average Bonchev–Trinajstić information content (AvgIpc) is 2.68. The Kier molecular flexibility index (Phi) is 8.33. The van der Waals surface area contributed by atoms with Crippen molar-refractivity contribution in [2.75, 3.05) is 24.2 Å². The van der Waals surface area contributed by atoms with Crippen LogP contribution in [0.2, 0.25) is 5.02 Å². The molecule has 0 unspecified atom stereocenters. The summed E-state index contributed by atoms with van der Waals surface area (Å²) in [6, 6.07) is 8.28. The van der Waals surface area contributed by atoms with E-state index in [4.69, 9.17) is 11.6 Å². The summed E-state index contributed by atoms with van der Waals surface area (Å²) in [6.45, 7) is 7.50. The van der Waals surface area contributed by atoms with Crippen LogP contribution in [-0.2, 0) is 9.84 Å². The highest BCUT2D eigenvalue weighted by Crippen LogP contribution is 2.39. The van der Waals surface area contributed by atoms with Crippen molar-refractivity contribution in [1.29, 1.82) is 0 Å². The van der Waals surface area contributed by atoms with Crippen LogP contribution >= 0.6 is 11.6 Å². The SMILES string of the molecule is CCCCN(CCCC)c1cc(C(=O)O)cc(S(C)(=O)=O)c1-c1ccc(C)c(Cl)c1. The van der Waals surface area contributed by atoms with Crippen LogP contribution in [0.5, 0.6) is 0 Å². The molecule has 164 valence electrons. The number of rotatable bonds is 10. The van der Waals surface area contributed by atoms with Gasteiger partial charge < -0.3 is 10.0 Å². The van der Waals surface area contributed by atoms with Crippen LogP contribution < -0.4 is 4.90 Å². The summed E-state index contributed by atoms with van der Waals surface area (Å²) >= 11 is 6.35. The van der Waals surface area contributed by atoms with Crippen LogP contribution in [0.3, 0.4) is 0 Å². The molecule has 0 aromatic heterocycles. The van der Waals surface area contributed by atoms with Crippen molar-refractivity contribution in [1.82, 2.24) is 0 Å². The molecule has 0 amide bonds. The van der Waals surface area contributed by atoms with E-state index < -0.39 is 15.8 Å². The summed E-state index contributed by atoms with van der Waals surface area (Å²) in [7, 11) is -3.69. The van der Waals surface area contributed by atoms with Gasteiger partial charge in [-0.3, -0.25) is 0 Å². The van der Waals surface area contributed by atoms with Gasteiger partial charge in [0, 0.05) is 35.6 Å². The second-order valence-electron chi connectivity index (χ2n) is 7.60. The van der Waals surface area contributed by atoms with Crippen molar-refractivity contribution < 1.29 is 18.3 Å². The highest BCUT2D eigenvalue weighted by Gasteiger charge is 2.25. The largest absolute Gasteiger partial charge is 0.478 e. The average molecular weight is 452 g/mol. The van der Waals surface area contributed by atoms with E-state index in [1.165, 1.54) is 6.07 Å². The zero-order valence-electron chi connectivity index (χ0n) is 18.0. The van der Waals surface area contributed by atoms with Crippen LogP contribution in [-0.4, -0.2) is 38.8 Å². The number of nitrogens with zero attached hydrogens (tertiary/aromatic N) is 1. The molecule has 0 spiro atoms. The first-order valence-electron chi connectivity index (χ1n) is 10.2. The smallest absolute Gasteiger partial charge is 0.335 e. The van der Waals surface area contributed by atoms with Gasteiger partial charge in [0.25, 0.3) is 0 Å². The van der Waals surface area contributed by atoms with E-state index in [2.05, 4.69) is 18.7 Å². The van der Waals surface area contributed by atoms with Crippen LogP contribution in [0.1, 0.15) is 55.5 Å². The number of halogens is 1. The summed E-state index contributed by atoms with van der Waals surface area (Å²) in [5.74, 6) is -1.15. The van der Waals surface area contributed by atoms with Gasteiger partial charge in [-0.1, -0.05) is 50.4 Å². The molecule has 0 atom stereocenters. The van der Waals surface area contributed by atoms with Crippen LogP contribution in [0.25, 0.3) is 11.1 Å². The minimum Gasteiger partial charge on any atom is -0.478 e. The molecule has 1 N–H and O–H groups in total. The summed E-state index contributed by atoms with van der Waals surface area (Å²) < 4.78 is 25.4. The first-order chi connectivity index (χ1) is 14.1. The Bertz CT molecular complexity index is 1010. The zero-order chi connectivity index (χ0) is 22.5. The molecule has 2 rings (SSSR count). The van der Waals surface area contributed by atoms with Gasteiger partial charge in [0.2, 0.25) is 0 Å². The summed E-state index contributed by atoms with van der Waals surface area (Å²) in [4.78, 5) is 13.9. The third-order valence-corrected chi connectivity index (χ3v) is 6.62. The number of anilines is 1. The minimum absolute atomic E-state index is 0.00955. The predicted octanol–water partition coefficient (Wildman–Crippen LogP) is 5.82. The number of carboxylic acid groups (broad SMARTS) is 1. The first kappa shape index (κ1) is 24.2. The van der Waals surface area contributed by atoms with Gasteiger partial charge in [0.05, 0.1) is 10.5 Å². The van der Waals surface area contributed by atoms with Gasteiger partial charge in [-0.05, 0) is 49.1 Å². The number of aryl methyl sites for hydroxylation is 1. The van der Waals surface area contributed by atoms with Crippen LogP contribution in [0.4, 0.5) is 5.69 Å². The molecule has 0 aliphatic heterocycles. The lowest BCUT2D eigenvalue weighted by atomic mass is 9.98. The lowest BCUT2D eigenvalue weighted by Gasteiger charge is -2.29. The van der Waals surface area contributed by atoms with E-state index in [0.717, 1.165) is 50.6 Å². The second kappa shape index (κ2) is 10.3. The maximum atomic E-state index is 12.7. The topological polar surface area (TPSA) is 74.7 Å². The standard InChI is InChI=1S/C23H30ClNO4S/c1-5-7-11-25(12-8-6-2)20-14-18(23(26)27)15-21(30(4,28)29)22(20)17-10-9-16(3)19(24)13-17/h9-10,13-15H,5-8,11-12H2,1-4H3,(H,26,27). The lowest BCUT2D eigenvalue weighted by molar-refractivity contribution is 0.0696. The number of sulfone groups is 1. The van der Waals surface area contributed by atoms with E-state index in [9.17, 15) is 18.3 Å². The number of unbranched alkanes of at least 4 members (excludes halogenated alkanes) is 2. The molecule has 0 bridgehead atoms. The first-order valence-corrected chi connectivity index (χ1v) is 12.5. The third kappa shape index (κ3) is 5.76. The van der Waals surface area contributed by atoms with Gasteiger partial charge in [-0.2, -0.15) is 0 Å². The quantitative estimate of drug-likeness (QED) is 0.492. The zero-order valence-corrected chi connectivity index (χ0v) is 19.6. The van der Waals surface area contributed by atoms with E-state index in [1.54, 1.807) is 12.1 Å². The molecule has 30 heavy (non-hydrogen) atoms. The Labute approximate surface area is 184 Å². The molecule has 0 heterocycles. The summed E-state index contributed by atoms with van der Waals surface area (Å²) in [5.41, 5.74) is 2.65. The fourth-order valence-electron chi connectivity index (χ4n) is 3.36. The molecule has 0 aliphatic rings. The molecule has 2 aromatic carbocycles. The molecule has 7 heteroatoms. The van der Waals surface area contributed by atoms with Crippen molar-refractivity contribution in [2.45, 2.75) is 51.3 Å². The van der Waals surface area contributed by atoms with Gasteiger partial charge in [0.15, 0.2) is 9.84 Å². The van der Waals surface area contributed by atoms with E-state index in [1.807, 2.05) is 19.1 Å². The Hall–Kier alpha value is -2.05. The number of carbonyl (C=O) groups is 1.